The Kier molecular flexibility index (Phi) is 5.62. The normalized spacial score (nSPS) is 8.23. The monoisotopic (exact) mass is 174 g/mol. The van der Waals surface area contributed by atoms with Gasteiger partial charge in [0, 0.05) is 0 Å². The van der Waals surface area contributed by atoms with Crippen LogP contribution >= 0.6 is 0 Å². The second kappa shape index (κ2) is 6.24. The van der Waals surface area contributed by atoms with Gasteiger partial charge in [-0.25, -0.2) is 0 Å². The molecule has 1 rings (SSSR count). The Hall–Kier alpha value is -1.30. The summed E-state index contributed by atoms with van der Waals surface area (Å²) in [4.78, 5) is 0. The molecule has 0 saturated heterocycles. The zero-order valence-electron chi connectivity index (χ0n) is 8.80. The summed E-state index contributed by atoms with van der Waals surface area (Å²) >= 11 is 0. The highest BCUT2D eigenvalue weighted by Gasteiger charge is 1.83. The van der Waals surface area contributed by atoms with Crippen molar-refractivity contribution in [2.45, 2.75) is 20.8 Å². The second-order valence-corrected chi connectivity index (χ2v) is 3.33. The van der Waals surface area contributed by atoms with Crippen molar-refractivity contribution in [3.8, 4) is 0 Å². The van der Waals surface area contributed by atoms with Crippen LogP contribution < -0.4 is 0 Å². The molecule has 0 aromatic heterocycles. The van der Waals surface area contributed by atoms with Crippen LogP contribution in [0.2, 0.25) is 0 Å². The van der Waals surface area contributed by atoms with E-state index in [1.54, 1.807) is 0 Å². The van der Waals surface area contributed by atoms with Gasteiger partial charge >= 0.3 is 0 Å². The third kappa shape index (κ3) is 7.07. The average Bonchev–Trinajstić information content (AvgIpc) is 2.03. The predicted octanol–water partition coefficient (Wildman–Crippen LogP) is 4.22. The van der Waals surface area contributed by atoms with Crippen LogP contribution in [0.4, 0.5) is 0 Å². The highest BCUT2D eigenvalue weighted by Crippen LogP contribution is 2.03. The predicted molar refractivity (Wildman–Crippen MR) is 61.8 cm³/mol. The van der Waals surface area contributed by atoms with Gasteiger partial charge in [0.05, 0.1) is 0 Å². The van der Waals surface area contributed by atoms with Crippen LogP contribution in [-0.2, 0) is 0 Å². The fourth-order valence-electron chi connectivity index (χ4n) is 0.797. The van der Waals surface area contributed by atoms with Crippen LogP contribution in [0, 0.1) is 6.92 Å². The fraction of sp³-hybridized carbons (Fsp3) is 0.231. The fourth-order valence-corrected chi connectivity index (χ4v) is 0.797. The SMILES string of the molecule is C=C(C)C.C=Cc1cccc(C)c1. The number of benzene rings is 1. The molecule has 0 saturated carbocycles. The quantitative estimate of drug-likeness (QED) is 0.559. The molecule has 0 aliphatic heterocycles. The Bertz CT molecular complexity index is 278. The standard InChI is InChI=1S/C9H10.C4H8/c1-3-9-6-4-5-8(2)7-9;1-4(2)3/h3-7H,1H2,2H3;1H2,2-3H3. The number of allylic oxidation sites excluding steroid dienone is 1. The van der Waals surface area contributed by atoms with Gasteiger partial charge in [-0.1, -0.05) is 48.1 Å². The maximum atomic E-state index is 3.67. The lowest BCUT2D eigenvalue weighted by Gasteiger charge is -1.92. The minimum atomic E-state index is 1.17. The highest BCUT2D eigenvalue weighted by atomic mass is 13.9. The third-order valence-electron chi connectivity index (χ3n) is 1.28. The molecule has 0 amide bonds. The maximum absolute atomic E-state index is 3.67. The smallest absolute Gasteiger partial charge is 0.0260 e. The zero-order valence-corrected chi connectivity index (χ0v) is 8.80. The van der Waals surface area contributed by atoms with Crippen LogP contribution in [-0.4, -0.2) is 0 Å². The van der Waals surface area contributed by atoms with E-state index >= 15 is 0 Å². The first kappa shape index (κ1) is 11.7. The van der Waals surface area contributed by atoms with Crippen molar-refractivity contribution in [1.82, 2.24) is 0 Å². The molecule has 0 bridgehead atoms. The van der Waals surface area contributed by atoms with Gasteiger partial charge in [0.15, 0.2) is 0 Å². The zero-order chi connectivity index (χ0) is 10.3. The van der Waals surface area contributed by atoms with Gasteiger partial charge in [-0.3, -0.25) is 0 Å². The Balaban J connectivity index is 0.000000310. The summed E-state index contributed by atoms with van der Waals surface area (Å²) in [6, 6.07) is 8.26. The van der Waals surface area contributed by atoms with Gasteiger partial charge in [0.1, 0.15) is 0 Å². The van der Waals surface area contributed by atoms with E-state index < -0.39 is 0 Å². The molecule has 0 radical (unpaired) electrons. The molecule has 0 nitrogen and oxygen atoms in total. The van der Waals surface area contributed by atoms with Crippen molar-refractivity contribution in [3.05, 3.63) is 54.1 Å². The Morgan fingerprint density at radius 2 is 1.85 bits per heavy atom. The van der Waals surface area contributed by atoms with E-state index in [1.807, 2.05) is 32.1 Å². The van der Waals surface area contributed by atoms with Crippen molar-refractivity contribution < 1.29 is 0 Å². The number of hydrogen-bond acceptors (Lipinski definition) is 0. The first-order valence-electron chi connectivity index (χ1n) is 4.37. The molecule has 70 valence electrons. The van der Waals surface area contributed by atoms with Gasteiger partial charge in [0.25, 0.3) is 0 Å². The molecule has 0 spiro atoms. The van der Waals surface area contributed by atoms with E-state index in [4.69, 9.17) is 0 Å². The molecule has 1 aromatic rings. The van der Waals surface area contributed by atoms with E-state index in [-0.39, 0.29) is 0 Å². The number of hydrogen-bond donors (Lipinski definition) is 0. The molecule has 1 aromatic carbocycles. The average molecular weight is 174 g/mol. The maximum Gasteiger partial charge on any atom is -0.0260 e. The minimum absolute atomic E-state index is 1.17. The molecule has 0 heterocycles. The van der Waals surface area contributed by atoms with Crippen molar-refractivity contribution in [2.75, 3.05) is 0 Å². The van der Waals surface area contributed by atoms with Crippen molar-refractivity contribution in [3.63, 3.8) is 0 Å². The largest absolute Gasteiger partial charge is 0.100 e. The van der Waals surface area contributed by atoms with Gasteiger partial charge in [0.2, 0.25) is 0 Å². The van der Waals surface area contributed by atoms with Crippen molar-refractivity contribution in [2.24, 2.45) is 0 Å². The first-order chi connectivity index (χ1) is 6.06. The lowest BCUT2D eigenvalue weighted by Crippen LogP contribution is -1.72. The summed E-state index contributed by atoms with van der Waals surface area (Å²) in [6.07, 6.45) is 1.85. The van der Waals surface area contributed by atoms with Crippen LogP contribution in [0.1, 0.15) is 25.0 Å². The number of aryl methyl sites for hydroxylation is 1. The van der Waals surface area contributed by atoms with Crippen molar-refractivity contribution in [1.29, 1.82) is 0 Å². The van der Waals surface area contributed by atoms with Crippen LogP contribution in [0.3, 0.4) is 0 Å². The van der Waals surface area contributed by atoms with E-state index in [0.717, 1.165) is 0 Å². The second-order valence-electron chi connectivity index (χ2n) is 3.33. The first-order valence-corrected chi connectivity index (χ1v) is 4.37. The Morgan fingerprint density at radius 1 is 1.31 bits per heavy atom. The van der Waals surface area contributed by atoms with Crippen molar-refractivity contribution >= 4 is 6.08 Å². The molecule has 0 aliphatic rings. The van der Waals surface area contributed by atoms with E-state index in [0.29, 0.717) is 0 Å². The molecular formula is C13H18. The molecule has 0 fully saturated rings. The third-order valence-corrected chi connectivity index (χ3v) is 1.28. The number of rotatable bonds is 1. The summed E-state index contributed by atoms with van der Waals surface area (Å²) in [5.41, 5.74) is 3.64. The topological polar surface area (TPSA) is 0 Å². The highest BCUT2D eigenvalue weighted by molar-refractivity contribution is 5.47. The molecule has 0 N–H and O–H groups in total. The summed E-state index contributed by atoms with van der Waals surface area (Å²) in [7, 11) is 0. The molecule has 0 atom stereocenters. The van der Waals surface area contributed by atoms with E-state index in [1.165, 1.54) is 16.7 Å². The summed E-state index contributed by atoms with van der Waals surface area (Å²) in [5, 5.41) is 0. The summed E-state index contributed by atoms with van der Waals surface area (Å²) < 4.78 is 0. The van der Waals surface area contributed by atoms with Gasteiger partial charge in [-0.05, 0) is 26.3 Å². The summed E-state index contributed by atoms with van der Waals surface area (Å²) in [5.74, 6) is 0. The molecule has 0 aliphatic carbocycles. The van der Waals surface area contributed by atoms with Gasteiger partial charge < -0.3 is 0 Å². The van der Waals surface area contributed by atoms with Gasteiger partial charge in [-0.2, -0.15) is 0 Å². The van der Waals surface area contributed by atoms with Crippen LogP contribution in [0.5, 0.6) is 0 Å². The molecule has 0 unspecified atom stereocenters. The van der Waals surface area contributed by atoms with Crippen LogP contribution in [0.25, 0.3) is 6.08 Å². The van der Waals surface area contributed by atoms with E-state index in [9.17, 15) is 0 Å². The molecule has 13 heavy (non-hydrogen) atoms. The Morgan fingerprint density at radius 3 is 2.15 bits per heavy atom. The Labute approximate surface area is 81.6 Å². The van der Waals surface area contributed by atoms with Crippen LogP contribution in [0.15, 0.2) is 43.0 Å². The minimum Gasteiger partial charge on any atom is -0.100 e. The molecule has 0 heteroatoms. The summed E-state index contributed by atoms with van der Waals surface area (Å²) in [6.45, 7) is 13.2. The van der Waals surface area contributed by atoms with E-state index in [2.05, 4.69) is 32.2 Å². The lowest BCUT2D eigenvalue weighted by atomic mass is 10.1. The van der Waals surface area contributed by atoms with Gasteiger partial charge in [-0.15, -0.1) is 6.58 Å². The lowest BCUT2D eigenvalue weighted by molar-refractivity contribution is 1.42. The molecular weight excluding hydrogens is 156 g/mol.